The molecule has 102 valence electrons. The number of hydrogen-bond donors (Lipinski definition) is 5. The Bertz CT molecular complexity index is 237. The number of ether oxygens (including phenoxy) is 1. The fourth-order valence-electron chi connectivity index (χ4n) is 1.37. The number of rotatable bonds is 0. The van der Waals surface area contributed by atoms with E-state index in [1.807, 2.05) is 0 Å². The molecule has 1 rings (SSSR count). The number of carbonyl (C=O) groups excluding carboxylic acids is 1. The third-order valence-corrected chi connectivity index (χ3v) is 2.41. The van der Waals surface area contributed by atoms with E-state index in [1.54, 1.807) is 0 Å². The van der Waals surface area contributed by atoms with Crippen LogP contribution in [0.25, 0.3) is 0 Å². The van der Waals surface area contributed by atoms with Gasteiger partial charge in [0, 0.05) is 13.1 Å². The van der Waals surface area contributed by atoms with Crippen molar-refractivity contribution in [2.45, 2.75) is 30.8 Å². The molecular formula is C9H19NO7. The summed E-state index contributed by atoms with van der Waals surface area (Å²) in [6.45, 7) is -0.0726. The maximum Gasteiger partial charge on any atom is 0.307 e. The van der Waals surface area contributed by atoms with E-state index in [0.717, 1.165) is 0 Å². The Morgan fingerprint density at radius 2 is 1.71 bits per heavy atom. The van der Waals surface area contributed by atoms with Crippen LogP contribution >= 0.6 is 0 Å². The van der Waals surface area contributed by atoms with Crippen LogP contribution in [0.5, 0.6) is 0 Å². The highest BCUT2D eigenvalue weighted by Gasteiger charge is 2.31. The summed E-state index contributed by atoms with van der Waals surface area (Å²) < 4.78 is 4.66. The molecule has 8 nitrogen and oxygen atoms in total. The average molecular weight is 253 g/mol. The average Bonchev–Trinajstić information content (AvgIpc) is 2.29. The van der Waals surface area contributed by atoms with E-state index in [2.05, 4.69) is 10.1 Å². The molecule has 8 heteroatoms. The summed E-state index contributed by atoms with van der Waals surface area (Å²) in [5, 5.41) is 40.4. The number of cyclic esters (lactones) is 1. The van der Waals surface area contributed by atoms with Crippen molar-refractivity contribution in [3.05, 3.63) is 0 Å². The Morgan fingerprint density at radius 3 is 2.35 bits per heavy atom. The predicted molar refractivity (Wildman–Crippen MR) is 56.1 cm³/mol. The van der Waals surface area contributed by atoms with Gasteiger partial charge in [0.15, 0.2) is 0 Å². The van der Waals surface area contributed by atoms with Gasteiger partial charge in [-0.1, -0.05) is 0 Å². The van der Waals surface area contributed by atoms with Crippen molar-refractivity contribution in [1.82, 2.24) is 5.32 Å². The van der Waals surface area contributed by atoms with Crippen molar-refractivity contribution in [1.29, 1.82) is 0 Å². The Kier molecular flexibility index (Phi) is 7.19. The molecule has 0 aliphatic carbocycles. The van der Waals surface area contributed by atoms with Crippen molar-refractivity contribution in [2.24, 2.45) is 0 Å². The van der Waals surface area contributed by atoms with Crippen molar-refractivity contribution in [3.8, 4) is 0 Å². The number of carbonyl (C=O) groups is 1. The molecule has 0 amide bonds. The summed E-state index contributed by atoms with van der Waals surface area (Å²) in [6, 6.07) is 0. The molecule has 17 heavy (non-hydrogen) atoms. The van der Waals surface area contributed by atoms with E-state index in [1.165, 1.54) is 0 Å². The maximum absolute atomic E-state index is 11.0. The van der Waals surface area contributed by atoms with Crippen LogP contribution in [0.3, 0.4) is 0 Å². The van der Waals surface area contributed by atoms with Gasteiger partial charge in [-0.25, -0.2) is 0 Å². The normalized spacial score (nSPS) is 36.4. The highest BCUT2D eigenvalue weighted by Crippen LogP contribution is 2.06. The third kappa shape index (κ3) is 4.94. The van der Waals surface area contributed by atoms with Crippen LogP contribution in [0.2, 0.25) is 0 Å². The molecule has 0 aromatic carbocycles. The van der Waals surface area contributed by atoms with E-state index >= 15 is 0 Å². The quantitative estimate of drug-likeness (QED) is 0.277. The van der Waals surface area contributed by atoms with Crippen molar-refractivity contribution in [2.75, 3.05) is 19.7 Å². The van der Waals surface area contributed by atoms with Gasteiger partial charge in [-0.05, 0) is 0 Å². The zero-order valence-electron chi connectivity index (χ0n) is 9.24. The lowest BCUT2D eigenvalue weighted by Crippen LogP contribution is -2.48. The maximum atomic E-state index is 11.0. The molecule has 0 saturated carbocycles. The Labute approximate surface area is 98.1 Å². The van der Waals surface area contributed by atoms with Crippen LogP contribution in [0.15, 0.2) is 0 Å². The molecule has 0 unspecified atom stereocenters. The molecule has 0 bridgehead atoms. The van der Waals surface area contributed by atoms with Crippen LogP contribution in [0.1, 0.15) is 6.42 Å². The Morgan fingerprint density at radius 1 is 1.12 bits per heavy atom. The fourth-order valence-corrected chi connectivity index (χ4v) is 1.37. The van der Waals surface area contributed by atoms with Gasteiger partial charge in [0.25, 0.3) is 0 Å². The molecule has 1 aliphatic heterocycles. The summed E-state index contributed by atoms with van der Waals surface area (Å²) in [7, 11) is 0. The molecule has 0 aromatic heterocycles. The van der Waals surface area contributed by atoms with Crippen molar-refractivity contribution < 1.29 is 35.4 Å². The lowest BCUT2D eigenvalue weighted by atomic mass is 10.0. The van der Waals surface area contributed by atoms with Gasteiger partial charge in [0.1, 0.15) is 24.9 Å². The smallest absolute Gasteiger partial charge is 0.307 e. The van der Waals surface area contributed by atoms with Gasteiger partial charge in [-0.3, -0.25) is 4.79 Å². The number of β-amino-alcohol motifs (C(OH)–C–C–N with tert-alkyl or cyclic N) is 1. The molecule has 1 saturated heterocycles. The lowest BCUT2D eigenvalue weighted by Gasteiger charge is -2.25. The minimum Gasteiger partial charge on any atom is -0.463 e. The molecule has 0 radical (unpaired) electrons. The van der Waals surface area contributed by atoms with Gasteiger partial charge >= 0.3 is 5.97 Å². The van der Waals surface area contributed by atoms with E-state index < -0.39 is 37.0 Å². The first-order valence-corrected chi connectivity index (χ1v) is 5.11. The molecule has 1 fully saturated rings. The van der Waals surface area contributed by atoms with Crippen LogP contribution in [-0.4, -0.2) is 76.0 Å². The molecular weight excluding hydrogens is 234 g/mol. The molecule has 1 aliphatic rings. The summed E-state index contributed by atoms with van der Waals surface area (Å²) >= 11 is 0. The van der Waals surface area contributed by atoms with E-state index in [-0.39, 0.29) is 18.4 Å². The molecule has 7 N–H and O–H groups in total. The summed E-state index contributed by atoms with van der Waals surface area (Å²) in [5.41, 5.74) is 0. The Balaban J connectivity index is 0.00000256. The van der Waals surface area contributed by atoms with Crippen molar-refractivity contribution >= 4 is 5.97 Å². The molecule has 0 aromatic rings. The second kappa shape index (κ2) is 7.54. The first-order chi connectivity index (χ1) is 7.52. The number of hydrogen-bond acceptors (Lipinski definition) is 7. The second-order valence-corrected chi connectivity index (χ2v) is 3.75. The van der Waals surface area contributed by atoms with Gasteiger partial charge in [0.05, 0.1) is 12.5 Å². The number of nitrogens with one attached hydrogen (secondary N) is 1. The SMILES string of the molecule is O.O=C1CCNC[C@@H](O)[C@@H](O)[C@H](O)[C@@H](O)CO1. The minimum atomic E-state index is -1.55. The van der Waals surface area contributed by atoms with Crippen LogP contribution in [0, 0.1) is 0 Å². The molecule has 4 atom stereocenters. The van der Waals surface area contributed by atoms with E-state index in [9.17, 15) is 25.2 Å². The third-order valence-electron chi connectivity index (χ3n) is 2.41. The van der Waals surface area contributed by atoms with E-state index in [0.29, 0.717) is 6.54 Å². The minimum absolute atomic E-state index is 0. The lowest BCUT2D eigenvalue weighted by molar-refractivity contribution is -0.153. The topological polar surface area (TPSA) is 151 Å². The summed E-state index contributed by atoms with van der Waals surface area (Å²) in [4.78, 5) is 11.0. The van der Waals surface area contributed by atoms with Gasteiger partial charge in [-0.2, -0.15) is 0 Å². The molecule has 1 heterocycles. The van der Waals surface area contributed by atoms with Crippen LogP contribution < -0.4 is 5.32 Å². The monoisotopic (exact) mass is 253 g/mol. The Hall–Kier alpha value is -0.770. The first-order valence-electron chi connectivity index (χ1n) is 5.11. The standard InChI is InChI=1S/C9H17NO6.H2O/c11-5-3-10-2-1-7(13)16-4-6(12)9(15)8(5)14;/h5-6,8-12,14-15H,1-4H2;1H2/t5-,6+,8-,9-;/m1./s1. The fraction of sp³-hybridized carbons (Fsp3) is 0.889. The number of aliphatic hydroxyl groups is 4. The van der Waals surface area contributed by atoms with E-state index in [4.69, 9.17) is 0 Å². The summed E-state index contributed by atoms with van der Waals surface area (Å²) in [6.07, 6.45) is -5.56. The van der Waals surface area contributed by atoms with Crippen LogP contribution in [-0.2, 0) is 9.53 Å². The zero-order valence-corrected chi connectivity index (χ0v) is 9.24. The largest absolute Gasteiger partial charge is 0.463 e. The van der Waals surface area contributed by atoms with Gasteiger partial charge < -0.3 is 36.0 Å². The summed E-state index contributed by atoms with van der Waals surface area (Å²) in [5.74, 6) is -0.510. The van der Waals surface area contributed by atoms with Crippen LogP contribution in [0.4, 0.5) is 0 Å². The zero-order chi connectivity index (χ0) is 12.1. The molecule has 0 spiro atoms. The number of esters is 1. The van der Waals surface area contributed by atoms with Crippen molar-refractivity contribution in [3.63, 3.8) is 0 Å². The highest BCUT2D eigenvalue weighted by atomic mass is 16.5. The number of aliphatic hydroxyl groups excluding tert-OH is 4. The van der Waals surface area contributed by atoms with Gasteiger partial charge in [-0.15, -0.1) is 0 Å². The second-order valence-electron chi connectivity index (χ2n) is 3.75. The van der Waals surface area contributed by atoms with Gasteiger partial charge in [0.2, 0.25) is 0 Å². The highest BCUT2D eigenvalue weighted by molar-refractivity contribution is 5.69. The predicted octanol–water partition coefficient (Wildman–Crippen LogP) is -3.86. The first kappa shape index (κ1) is 16.2.